The number of aryl methyl sites for hydroxylation is 1. The molecule has 0 atom stereocenters. The Morgan fingerprint density at radius 2 is 2.06 bits per heavy atom. The zero-order chi connectivity index (χ0) is 13.1. The van der Waals surface area contributed by atoms with Gasteiger partial charge < -0.3 is 9.30 Å². The normalized spacial score (nSPS) is 10.9. The van der Waals surface area contributed by atoms with Gasteiger partial charge in [0.15, 0.2) is 11.6 Å². The molecule has 0 aliphatic rings. The highest BCUT2D eigenvalue weighted by atomic mass is 19.1. The minimum atomic E-state index is -0.350. The monoisotopic (exact) mass is 248 g/mol. The Labute approximate surface area is 106 Å². The lowest BCUT2D eigenvalue weighted by atomic mass is 10.3. The van der Waals surface area contributed by atoms with Crippen LogP contribution in [-0.4, -0.2) is 9.55 Å². The van der Waals surface area contributed by atoms with Gasteiger partial charge in [-0.25, -0.2) is 9.37 Å². The molecule has 0 unspecified atom stereocenters. The van der Waals surface area contributed by atoms with E-state index in [-0.39, 0.29) is 18.2 Å². The number of nitrogens with zero attached hydrogens (tertiary/aromatic N) is 2. The summed E-state index contributed by atoms with van der Waals surface area (Å²) >= 11 is 0. The molecule has 1 aromatic carbocycles. The van der Waals surface area contributed by atoms with Gasteiger partial charge in [0, 0.05) is 12.2 Å². The molecule has 0 saturated heterocycles. The molecule has 0 fully saturated rings. The zero-order valence-electron chi connectivity index (χ0n) is 10.9. The summed E-state index contributed by atoms with van der Waals surface area (Å²) in [5.74, 6) is 0.719. The van der Waals surface area contributed by atoms with E-state index in [2.05, 4.69) is 18.8 Å². The maximum atomic E-state index is 13.4. The van der Waals surface area contributed by atoms with E-state index in [0.29, 0.717) is 6.04 Å². The smallest absolute Gasteiger partial charge is 0.165 e. The predicted octanol–water partition coefficient (Wildman–Crippen LogP) is 3.49. The molecule has 18 heavy (non-hydrogen) atoms. The van der Waals surface area contributed by atoms with Gasteiger partial charge in [-0.3, -0.25) is 0 Å². The Kier molecular flexibility index (Phi) is 3.65. The van der Waals surface area contributed by atoms with Crippen molar-refractivity contribution in [3.05, 3.63) is 47.8 Å². The fraction of sp³-hybridized carbons (Fsp3) is 0.357. The highest BCUT2D eigenvalue weighted by Gasteiger charge is 2.10. The van der Waals surface area contributed by atoms with Crippen LogP contribution in [0.2, 0.25) is 0 Å². The molecule has 1 heterocycles. The number of hydrogen-bond donors (Lipinski definition) is 0. The molecule has 0 radical (unpaired) electrons. The Balaban J connectivity index is 2.13. The number of rotatable bonds is 4. The van der Waals surface area contributed by atoms with Gasteiger partial charge in [-0.05, 0) is 32.9 Å². The number of para-hydroxylation sites is 1. The maximum absolute atomic E-state index is 13.4. The highest BCUT2D eigenvalue weighted by molar-refractivity contribution is 5.23. The van der Waals surface area contributed by atoms with Crippen molar-refractivity contribution < 1.29 is 9.13 Å². The first-order chi connectivity index (χ1) is 8.58. The van der Waals surface area contributed by atoms with Crippen molar-refractivity contribution in [1.29, 1.82) is 0 Å². The van der Waals surface area contributed by atoms with E-state index in [0.717, 1.165) is 11.5 Å². The number of imidazole rings is 1. The summed E-state index contributed by atoms with van der Waals surface area (Å²) in [6.45, 7) is 6.36. The third kappa shape index (κ3) is 2.70. The second kappa shape index (κ2) is 5.21. The summed E-state index contributed by atoms with van der Waals surface area (Å²) in [6, 6.07) is 6.70. The second-order valence-corrected chi connectivity index (χ2v) is 4.52. The lowest BCUT2D eigenvalue weighted by Gasteiger charge is -2.12. The van der Waals surface area contributed by atoms with E-state index in [4.69, 9.17) is 4.74 Å². The van der Waals surface area contributed by atoms with Gasteiger partial charge in [0.05, 0.1) is 5.69 Å². The van der Waals surface area contributed by atoms with Crippen molar-refractivity contribution in [3.8, 4) is 5.75 Å². The van der Waals surface area contributed by atoms with Gasteiger partial charge in [0.2, 0.25) is 0 Å². The third-order valence-electron chi connectivity index (χ3n) is 2.68. The zero-order valence-corrected chi connectivity index (χ0v) is 10.9. The van der Waals surface area contributed by atoms with Crippen LogP contribution in [0.5, 0.6) is 5.75 Å². The molecule has 0 aliphatic carbocycles. The molecule has 0 amide bonds. The molecule has 2 aromatic rings. The summed E-state index contributed by atoms with van der Waals surface area (Å²) in [6.07, 6.45) is 1.98. The molecule has 0 saturated carbocycles. The number of aromatic nitrogens is 2. The van der Waals surface area contributed by atoms with Crippen LogP contribution in [0.3, 0.4) is 0 Å². The van der Waals surface area contributed by atoms with Crippen molar-refractivity contribution in [2.24, 2.45) is 0 Å². The average molecular weight is 248 g/mol. The van der Waals surface area contributed by atoms with Gasteiger partial charge in [-0.15, -0.1) is 0 Å². The highest BCUT2D eigenvalue weighted by Crippen LogP contribution is 2.18. The van der Waals surface area contributed by atoms with Crippen molar-refractivity contribution in [2.45, 2.75) is 33.4 Å². The first kappa shape index (κ1) is 12.6. The fourth-order valence-electron chi connectivity index (χ4n) is 1.82. The molecule has 0 spiro atoms. The SMILES string of the molecule is Cc1cn(C(C)C)c(COc2ccccc2F)n1. The van der Waals surface area contributed by atoms with Gasteiger partial charge in [0.1, 0.15) is 12.4 Å². The van der Waals surface area contributed by atoms with Crippen LogP contribution >= 0.6 is 0 Å². The minimum absolute atomic E-state index is 0.258. The van der Waals surface area contributed by atoms with E-state index in [1.165, 1.54) is 6.07 Å². The van der Waals surface area contributed by atoms with E-state index >= 15 is 0 Å². The summed E-state index contributed by atoms with van der Waals surface area (Å²) in [5, 5.41) is 0. The second-order valence-electron chi connectivity index (χ2n) is 4.52. The summed E-state index contributed by atoms with van der Waals surface area (Å²) in [4.78, 5) is 4.39. The molecular weight excluding hydrogens is 231 g/mol. The lowest BCUT2D eigenvalue weighted by molar-refractivity contribution is 0.273. The molecule has 0 aliphatic heterocycles. The van der Waals surface area contributed by atoms with Crippen molar-refractivity contribution >= 4 is 0 Å². The van der Waals surface area contributed by atoms with Crippen LogP contribution in [0.15, 0.2) is 30.5 Å². The molecule has 4 heteroatoms. The Morgan fingerprint density at radius 1 is 1.33 bits per heavy atom. The number of ether oxygens (including phenoxy) is 1. The number of benzene rings is 1. The number of halogens is 1. The van der Waals surface area contributed by atoms with Crippen LogP contribution in [0.4, 0.5) is 4.39 Å². The topological polar surface area (TPSA) is 27.1 Å². The summed E-state index contributed by atoms with van der Waals surface area (Å²) < 4.78 is 20.9. The Morgan fingerprint density at radius 3 is 2.72 bits per heavy atom. The summed E-state index contributed by atoms with van der Waals surface area (Å²) in [7, 11) is 0. The Bertz CT molecular complexity index is 534. The summed E-state index contributed by atoms with van der Waals surface area (Å²) in [5.41, 5.74) is 0.941. The first-order valence-electron chi connectivity index (χ1n) is 5.99. The van der Waals surface area contributed by atoms with E-state index in [1.54, 1.807) is 18.2 Å². The van der Waals surface area contributed by atoms with Crippen LogP contribution in [0.25, 0.3) is 0 Å². The van der Waals surface area contributed by atoms with Crippen LogP contribution in [-0.2, 0) is 6.61 Å². The van der Waals surface area contributed by atoms with E-state index in [9.17, 15) is 4.39 Å². The van der Waals surface area contributed by atoms with E-state index in [1.807, 2.05) is 17.7 Å². The van der Waals surface area contributed by atoms with Crippen molar-refractivity contribution in [1.82, 2.24) is 9.55 Å². The van der Waals surface area contributed by atoms with Gasteiger partial charge in [-0.2, -0.15) is 0 Å². The molecule has 96 valence electrons. The van der Waals surface area contributed by atoms with E-state index < -0.39 is 0 Å². The van der Waals surface area contributed by atoms with Crippen LogP contribution in [0.1, 0.15) is 31.4 Å². The minimum Gasteiger partial charge on any atom is -0.483 e. The standard InChI is InChI=1S/C14H17FN2O/c1-10(2)17-8-11(3)16-14(17)9-18-13-7-5-4-6-12(13)15/h4-8,10H,9H2,1-3H3. The first-order valence-corrected chi connectivity index (χ1v) is 5.99. The average Bonchev–Trinajstić information content (AvgIpc) is 2.70. The molecule has 3 nitrogen and oxygen atoms in total. The van der Waals surface area contributed by atoms with Crippen molar-refractivity contribution in [3.63, 3.8) is 0 Å². The predicted molar refractivity (Wildman–Crippen MR) is 68.1 cm³/mol. The largest absolute Gasteiger partial charge is 0.483 e. The molecule has 0 N–H and O–H groups in total. The maximum Gasteiger partial charge on any atom is 0.165 e. The lowest BCUT2D eigenvalue weighted by Crippen LogP contribution is -2.08. The van der Waals surface area contributed by atoms with Gasteiger partial charge in [0.25, 0.3) is 0 Å². The van der Waals surface area contributed by atoms with Gasteiger partial charge >= 0.3 is 0 Å². The molecule has 1 aromatic heterocycles. The van der Waals surface area contributed by atoms with Crippen molar-refractivity contribution in [2.75, 3.05) is 0 Å². The fourth-order valence-corrected chi connectivity index (χ4v) is 1.82. The third-order valence-corrected chi connectivity index (χ3v) is 2.68. The molecule has 2 rings (SSSR count). The Hall–Kier alpha value is -1.84. The molecular formula is C14H17FN2O. The quantitative estimate of drug-likeness (QED) is 0.828. The number of hydrogen-bond acceptors (Lipinski definition) is 2. The van der Waals surface area contributed by atoms with Crippen LogP contribution < -0.4 is 4.74 Å². The molecule has 0 bridgehead atoms. The van der Waals surface area contributed by atoms with Gasteiger partial charge in [-0.1, -0.05) is 12.1 Å². The van der Waals surface area contributed by atoms with Crippen LogP contribution in [0, 0.1) is 12.7 Å².